The highest BCUT2D eigenvalue weighted by Crippen LogP contribution is 2.38. The number of amides is 2. The third-order valence-corrected chi connectivity index (χ3v) is 6.86. The van der Waals surface area contributed by atoms with E-state index in [1.807, 2.05) is 40.6 Å². The summed E-state index contributed by atoms with van der Waals surface area (Å²) in [5.41, 5.74) is 1.86. The van der Waals surface area contributed by atoms with Crippen LogP contribution < -0.4 is 9.47 Å². The van der Waals surface area contributed by atoms with E-state index < -0.39 is 0 Å². The van der Waals surface area contributed by atoms with Gasteiger partial charge in [0.05, 0.1) is 37.4 Å². The minimum absolute atomic E-state index is 0.0485. The summed E-state index contributed by atoms with van der Waals surface area (Å²) in [5.74, 6) is 1.30. The molecule has 0 aliphatic carbocycles. The summed E-state index contributed by atoms with van der Waals surface area (Å²) in [6.07, 6.45) is 0.639. The Bertz CT molecular complexity index is 999. The maximum absolute atomic E-state index is 13.3. The quantitative estimate of drug-likeness (QED) is 0.668. The van der Waals surface area contributed by atoms with Crippen molar-refractivity contribution >= 4 is 28.9 Å². The SMILES string of the molecule is COc1ccc([C@@H]2CC(c3cccs3)=NN2C(=O)CN2CCN(C(C)=O)CC2)cc1OC. The molecule has 1 atom stereocenters. The van der Waals surface area contributed by atoms with Crippen LogP contribution in [0.4, 0.5) is 0 Å². The van der Waals surface area contributed by atoms with E-state index >= 15 is 0 Å². The fourth-order valence-electron chi connectivity index (χ4n) is 4.14. The minimum Gasteiger partial charge on any atom is -0.493 e. The van der Waals surface area contributed by atoms with Crippen molar-refractivity contribution in [2.24, 2.45) is 5.10 Å². The number of piperazine rings is 1. The average molecular weight is 457 g/mol. The topological polar surface area (TPSA) is 74.7 Å². The Morgan fingerprint density at radius 3 is 2.47 bits per heavy atom. The van der Waals surface area contributed by atoms with E-state index in [9.17, 15) is 9.59 Å². The smallest absolute Gasteiger partial charge is 0.257 e. The first-order valence-corrected chi connectivity index (χ1v) is 11.5. The molecule has 8 nitrogen and oxygen atoms in total. The number of hydrogen-bond acceptors (Lipinski definition) is 7. The van der Waals surface area contributed by atoms with Crippen LogP contribution in [0.25, 0.3) is 0 Å². The first-order chi connectivity index (χ1) is 15.5. The number of nitrogens with zero attached hydrogens (tertiary/aromatic N) is 4. The number of thiophene rings is 1. The number of hydrogen-bond donors (Lipinski definition) is 0. The van der Waals surface area contributed by atoms with Crippen LogP contribution in [0.1, 0.15) is 29.8 Å². The Morgan fingerprint density at radius 1 is 1.09 bits per heavy atom. The van der Waals surface area contributed by atoms with E-state index in [1.165, 1.54) is 0 Å². The molecule has 0 unspecified atom stereocenters. The minimum atomic E-state index is -0.210. The normalized spacial score (nSPS) is 19.1. The van der Waals surface area contributed by atoms with Gasteiger partial charge >= 0.3 is 0 Å². The lowest BCUT2D eigenvalue weighted by molar-refractivity contribution is -0.135. The van der Waals surface area contributed by atoms with Gasteiger partial charge in [0.2, 0.25) is 5.91 Å². The van der Waals surface area contributed by atoms with Crippen molar-refractivity contribution in [2.75, 3.05) is 46.9 Å². The molecular formula is C23H28N4O4S. The zero-order valence-corrected chi connectivity index (χ0v) is 19.4. The van der Waals surface area contributed by atoms with Crippen molar-refractivity contribution in [3.8, 4) is 11.5 Å². The maximum Gasteiger partial charge on any atom is 0.257 e. The van der Waals surface area contributed by atoms with Crippen LogP contribution in [-0.4, -0.2) is 79.3 Å². The van der Waals surface area contributed by atoms with Crippen LogP contribution in [-0.2, 0) is 9.59 Å². The predicted octanol–water partition coefficient (Wildman–Crippen LogP) is 2.61. The molecule has 1 saturated heterocycles. The number of ether oxygens (including phenoxy) is 2. The van der Waals surface area contributed by atoms with Gasteiger partial charge in [-0.1, -0.05) is 12.1 Å². The summed E-state index contributed by atoms with van der Waals surface area (Å²) >= 11 is 1.62. The second-order valence-electron chi connectivity index (χ2n) is 7.88. The van der Waals surface area contributed by atoms with E-state index in [0.717, 1.165) is 16.2 Å². The molecule has 2 aliphatic heterocycles. The fourth-order valence-corrected chi connectivity index (χ4v) is 4.86. The summed E-state index contributed by atoms with van der Waals surface area (Å²) in [7, 11) is 3.21. The Morgan fingerprint density at radius 2 is 1.84 bits per heavy atom. The van der Waals surface area contributed by atoms with Gasteiger partial charge in [0.15, 0.2) is 11.5 Å². The molecule has 0 N–H and O–H groups in total. The Labute approximate surface area is 192 Å². The van der Waals surface area contributed by atoms with E-state index in [-0.39, 0.29) is 24.4 Å². The molecule has 2 aromatic rings. The summed E-state index contributed by atoms with van der Waals surface area (Å²) < 4.78 is 10.8. The molecule has 32 heavy (non-hydrogen) atoms. The van der Waals surface area contributed by atoms with Crippen molar-refractivity contribution < 1.29 is 19.1 Å². The molecule has 170 valence electrons. The van der Waals surface area contributed by atoms with Crippen LogP contribution in [0.2, 0.25) is 0 Å². The number of carbonyl (C=O) groups excluding carboxylic acids is 2. The summed E-state index contributed by atoms with van der Waals surface area (Å²) in [6.45, 7) is 4.51. The zero-order chi connectivity index (χ0) is 22.7. The lowest BCUT2D eigenvalue weighted by Crippen LogP contribution is -2.50. The summed E-state index contributed by atoms with van der Waals surface area (Å²) in [6, 6.07) is 9.56. The van der Waals surface area contributed by atoms with Gasteiger partial charge in [-0.2, -0.15) is 5.10 Å². The number of methoxy groups -OCH3 is 2. The molecule has 0 spiro atoms. The van der Waals surface area contributed by atoms with Gasteiger partial charge in [0.25, 0.3) is 5.91 Å². The van der Waals surface area contributed by atoms with Crippen molar-refractivity contribution in [3.63, 3.8) is 0 Å². The van der Waals surface area contributed by atoms with E-state index in [4.69, 9.17) is 14.6 Å². The zero-order valence-electron chi connectivity index (χ0n) is 18.6. The van der Waals surface area contributed by atoms with E-state index in [2.05, 4.69) is 4.90 Å². The van der Waals surface area contributed by atoms with Crippen LogP contribution in [0.15, 0.2) is 40.8 Å². The third kappa shape index (κ3) is 4.63. The highest BCUT2D eigenvalue weighted by Gasteiger charge is 2.35. The third-order valence-electron chi connectivity index (χ3n) is 5.94. The molecule has 3 heterocycles. The Kier molecular flexibility index (Phi) is 6.76. The molecular weight excluding hydrogens is 428 g/mol. The molecule has 1 fully saturated rings. The van der Waals surface area contributed by atoms with Gasteiger partial charge in [-0.25, -0.2) is 5.01 Å². The number of benzene rings is 1. The molecule has 4 rings (SSSR count). The maximum atomic E-state index is 13.3. The predicted molar refractivity (Wildman–Crippen MR) is 123 cm³/mol. The lowest BCUT2D eigenvalue weighted by atomic mass is 10.0. The first-order valence-electron chi connectivity index (χ1n) is 10.6. The van der Waals surface area contributed by atoms with Gasteiger partial charge in [0.1, 0.15) is 0 Å². The van der Waals surface area contributed by atoms with Crippen LogP contribution in [0, 0.1) is 0 Å². The van der Waals surface area contributed by atoms with E-state index in [0.29, 0.717) is 44.1 Å². The van der Waals surface area contributed by atoms with Crippen LogP contribution >= 0.6 is 11.3 Å². The van der Waals surface area contributed by atoms with Gasteiger partial charge in [-0.3, -0.25) is 14.5 Å². The summed E-state index contributed by atoms with van der Waals surface area (Å²) in [5, 5.41) is 8.38. The molecule has 0 bridgehead atoms. The second-order valence-corrected chi connectivity index (χ2v) is 8.83. The molecule has 2 amide bonds. The van der Waals surface area contributed by atoms with Crippen LogP contribution in [0.5, 0.6) is 11.5 Å². The molecule has 9 heteroatoms. The monoisotopic (exact) mass is 456 g/mol. The van der Waals surface area contributed by atoms with Crippen molar-refractivity contribution in [2.45, 2.75) is 19.4 Å². The standard InChI is InChI=1S/C23H28N4O4S/c1-16(28)26-10-8-25(9-11-26)15-23(29)27-19(14-18(24-27)22-5-4-12-32-22)17-6-7-20(30-2)21(13-17)31-3/h4-7,12-13,19H,8-11,14-15H2,1-3H3/t19-/m0/s1. The number of rotatable bonds is 6. The molecule has 0 radical (unpaired) electrons. The largest absolute Gasteiger partial charge is 0.493 e. The van der Waals surface area contributed by atoms with Crippen LogP contribution in [0.3, 0.4) is 0 Å². The van der Waals surface area contributed by atoms with Crippen molar-refractivity contribution in [3.05, 3.63) is 46.2 Å². The molecule has 1 aromatic carbocycles. The average Bonchev–Trinajstić information content (AvgIpc) is 3.49. The number of hydrazone groups is 1. The molecule has 2 aliphatic rings. The van der Waals surface area contributed by atoms with Crippen molar-refractivity contribution in [1.29, 1.82) is 0 Å². The number of carbonyl (C=O) groups is 2. The second kappa shape index (κ2) is 9.70. The lowest BCUT2D eigenvalue weighted by Gasteiger charge is -2.34. The first kappa shape index (κ1) is 22.3. The Balaban J connectivity index is 1.55. The Hall–Kier alpha value is -2.91. The van der Waals surface area contributed by atoms with Crippen molar-refractivity contribution in [1.82, 2.24) is 14.8 Å². The molecule has 0 saturated carbocycles. The highest BCUT2D eigenvalue weighted by atomic mass is 32.1. The molecule has 1 aromatic heterocycles. The van der Waals surface area contributed by atoms with Gasteiger partial charge in [-0.15, -0.1) is 11.3 Å². The summed E-state index contributed by atoms with van der Waals surface area (Å²) in [4.78, 5) is 29.9. The van der Waals surface area contributed by atoms with Gasteiger partial charge in [0, 0.05) is 39.5 Å². The van der Waals surface area contributed by atoms with Gasteiger partial charge < -0.3 is 14.4 Å². The van der Waals surface area contributed by atoms with Gasteiger partial charge in [-0.05, 0) is 29.1 Å². The fraction of sp³-hybridized carbons (Fsp3) is 0.435. The van der Waals surface area contributed by atoms with E-state index in [1.54, 1.807) is 37.5 Å². The highest BCUT2D eigenvalue weighted by molar-refractivity contribution is 7.12.